The van der Waals surface area contributed by atoms with Crippen LogP contribution in [0.2, 0.25) is 0 Å². The first kappa shape index (κ1) is 18.9. The van der Waals surface area contributed by atoms with E-state index in [9.17, 15) is 40.9 Å². The summed E-state index contributed by atoms with van der Waals surface area (Å²) in [5.74, 6) is -4.42. The van der Waals surface area contributed by atoms with E-state index in [0.29, 0.717) is 0 Å². The quantitative estimate of drug-likeness (QED) is 0.397. The Labute approximate surface area is 154 Å². The lowest BCUT2D eigenvalue weighted by molar-refractivity contribution is -0.163. The second-order valence-electron chi connectivity index (χ2n) is 7.26. The predicted octanol–water partition coefficient (Wildman–Crippen LogP) is 1.33. The Morgan fingerprint density at radius 2 is 1.07 bits per heavy atom. The Bertz CT molecular complexity index is 835. The number of aromatic hydroxyl groups is 6. The zero-order valence-electron chi connectivity index (χ0n) is 14.7. The molecule has 2 atom stereocenters. The van der Waals surface area contributed by atoms with Crippen molar-refractivity contribution in [3.05, 3.63) is 35.4 Å². The summed E-state index contributed by atoms with van der Waals surface area (Å²) in [5.41, 5.74) is -1.81. The summed E-state index contributed by atoms with van der Waals surface area (Å²) in [6, 6.07) is 3.92. The third-order valence-corrected chi connectivity index (χ3v) is 5.58. The molecule has 8 N–H and O–H groups in total. The monoisotopic (exact) mass is 378 g/mol. The molecule has 0 aromatic heterocycles. The fourth-order valence-corrected chi connectivity index (χ4v) is 4.40. The number of aliphatic hydroxyl groups is 2. The number of phenolic OH excluding ortho intramolecular Hbond substituents is 6. The van der Waals surface area contributed by atoms with Crippen LogP contribution >= 0.6 is 0 Å². The average molecular weight is 378 g/mol. The van der Waals surface area contributed by atoms with E-state index in [0.717, 1.165) is 24.3 Å². The molecular formula is C19H22O8. The normalized spacial score (nSPS) is 27.5. The molecule has 0 spiro atoms. The summed E-state index contributed by atoms with van der Waals surface area (Å²) in [5, 5.41) is 81.7. The highest BCUT2D eigenvalue weighted by molar-refractivity contribution is 5.60. The van der Waals surface area contributed by atoms with Crippen LogP contribution in [0.4, 0.5) is 0 Å². The minimum Gasteiger partial charge on any atom is -0.508 e. The second kappa shape index (κ2) is 6.11. The summed E-state index contributed by atoms with van der Waals surface area (Å²) in [6.45, 7) is 3.34. The first-order valence-corrected chi connectivity index (χ1v) is 8.39. The van der Waals surface area contributed by atoms with Crippen molar-refractivity contribution in [3.8, 4) is 34.5 Å². The summed E-state index contributed by atoms with van der Waals surface area (Å²) >= 11 is 0. The standard InChI is InChI=1S/C19H22O8/c1-7(2)19(16-12(24)5-9(21)6-13(16)25)17(26)15(18(19)27)14-10(22)3-8(20)4-11(14)23/h3-7,15,17-18,20-27H,1-2H3. The molecule has 8 nitrogen and oxygen atoms in total. The topological polar surface area (TPSA) is 162 Å². The summed E-state index contributed by atoms with van der Waals surface area (Å²) in [7, 11) is 0. The second-order valence-corrected chi connectivity index (χ2v) is 7.26. The molecule has 0 amide bonds. The van der Waals surface area contributed by atoms with Crippen LogP contribution in [0.25, 0.3) is 0 Å². The Balaban J connectivity index is 2.17. The minimum absolute atomic E-state index is 0.135. The van der Waals surface area contributed by atoms with Crippen LogP contribution in [-0.2, 0) is 5.41 Å². The lowest BCUT2D eigenvalue weighted by Gasteiger charge is -2.59. The molecule has 2 unspecified atom stereocenters. The van der Waals surface area contributed by atoms with Gasteiger partial charge in [0.05, 0.1) is 17.6 Å². The molecule has 3 rings (SSSR count). The first-order chi connectivity index (χ1) is 12.5. The molecule has 146 valence electrons. The van der Waals surface area contributed by atoms with Gasteiger partial charge in [0.2, 0.25) is 0 Å². The maximum Gasteiger partial charge on any atom is 0.126 e. The number of phenols is 6. The van der Waals surface area contributed by atoms with Crippen LogP contribution < -0.4 is 0 Å². The summed E-state index contributed by atoms with van der Waals surface area (Å²) < 4.78 is 0. The van der Waals surface area contributed by atoms with Crippen molar-refractivity contribution >= 4 is 0 Å². The molecule has 0 radical (unpaired) electrons. The van der Waals surface area contributed by atoms with Gasteiger partial charge in [-0.1, -0.05) is 13.8 Å². The number of aliphatic hydroxyl groups excluding tert-OH is 2. The van der Waals surface area contributed by atoms with Gasteiger partial charge < -0.3 is 40.9 Å². The Hall–Kier alpha value is -2.84. The van der Waals surface area contributed by atoms with Gasteiger partial charge >= 0.3 is 0 Å². The van der Waals surface area contributed by atoms with E-state index in [1.165, 1.54) is 0 Å². The highest BCUT2D eigenvalue weighted by atomic mass is 16.3. The van der Waals surface area contributed by atoms with Gasteiger partial charge in [-0.05, 0) is 5.92 Å². The molecule has 1 saturated carbocycles. The van der Waals surface area contributed by atoms with Crippen LogP contribution in [-0.4, -0.2) is 53.1 Å². The van der Waals surface area contributed by atoms with Gasteiger partial charge in [-0.2, -0.15) is 0 Å². The number of benzene rings is 2. The van der Waals surface area contributed by atoms with Gasteiger partial charge in [-0.15, -0.1) is 0 Å². The summed E-state index contributed by atoms with van der Waals surface area (Å²) in [4.78, 5) is 0. The molecule has 1 aliphatic rings. The van der Waals surface area contributed by atoms with E-state index >= 15 is 0 Å². The highest BCUT2D eigenvalue weighted by Gasteiger charge is 2.66. The predicted molar refractivity (Wildman–Crippen MR) is 94.1 cm³/mol. The van der Waals surface area contributed by atoms with Crippen molar-refractivity contribution < 1.29 is 40.9 Å². The van der Waals surface area contributed by atoms with Gasteiger partial charge in [0.25, 0.3) is 0 Å². The highest BCUT2D eigenvalue weighted by Crippen LogP contribution is 2.62. The van der Waals surface area contributed by atoms with Gasteiger partial charge in [0, 0.05) is 41.3 Å². The van der Waals surface area contributed by atoms with Crippen LogP contribution in [0.3, 0.4) is 0 Å². The van der Waals surface area contributed by atoms with E-state index in [1.54, 1.807) is 13.8 Å². The number of rotatable bonds is 3. The molecule has 0 aliphatic heterocycles. The van der Waals surface area contributed by atoms with Crippen LogP contribution in [0, 0.1) is 5.92 Å². The Morgan fingerprint density at radius 3 is 1.44 bits per heavy atom. The maximum absolute atomic E-state index is 11.0. The van der Waals surface area contributed by atoms with E-state index in [1.807, 2.05) is 0 Å². The van der Waals surface area contributed by atoms with Crippen molar-refractivity contribution in [2.45, 2.75) is 37.4 Å². The van der Waals surface area contributed by atoms with Gasteiger partial charge in [0.1, 0.15) is 34.5 Å². The molecule has 0 bridgehead atoms. The van der Waals surface area contributed by atoms with Crippen molar-refractivity contribution in [3.63, 3.8) is 0 Å². The van der Waals surface area contributed by atoms with Gasteiger partial charge in [-0.3, -0.25) is 0 Å². The lowest BCUT2D eigenvalue weighted by atomic mass is 9.47. The van der Waals surface area contributed by atoms with Crippen molar-refractivity contribution in [2.24, 2.45) is 5.92 Å². The van der Waals surface area contributed by atoms with Crippen molar-refractivity contribution in [1.82, 2.24) is 0 Å². The number of hydrogen-bond acceptors (Lipinski definition) is 8. The molecular weight excluding hydrogens is 356 g/mol. The maximum atomic E-state index is 11.0. The minimum atomic E-state index is -1.52. The van der Waals surface area contributed by atoms with E-state index < -0.39 is 52.5 Å². The van der Waals surface area contributed by atoms with E-state index in [-0.39, 0.29) is 22.6 Å². The molecule has 2 aromatic rings. The number of hydrogen-bond donors (Lipinski definition) is 8. The zero-order valence-corrected chi connectivity index (χ0v) is 14.7. The molecule has 0 saturated heterocycles. The fraction of sp³-hybridized carbons (Fsp3) is 0.368. The SMILES string of the molecule is CC(C)C1(c2c(O)cc(O)cc2O)C(O)C(c2c(O)cc(O)cc2O)C1O. The van der Waals surface area contributed by atoms with Crippen LogP contribution in [0.15, 0.2) is 24.3 Å². The molecule has 8 heteroatoms. The van der Waals surface area contributed by atoms with Crippen molar-refractivity contribution in [1.29, 1.82) is 0 Å². The summed E-state index contributed by atoms with van der Waals surface area (Å²) in [6.07, 6.45) is -2.81. The van der Waals surface area contributed by atoms with Crippen LogP contribution in [0.1, 0.15) is 30.9 Å². The third kappa shape index (κ3) is 2.44. The largest absolute Gasteiger partial charge is 0.508 e. The fourth-order valence-electron chi connectivity index (χ4n) is 4.40. The molecule has 1 aliphatic carbocycles. The smallest absolute Gasteiger partial charge is 0.126 e. The lowest BCUT2D eigenvalue weighted by Crippen LogP contribution is -2.68. The molecule has 27 heavy (non-hydrogen) atoms. The van der Waals surface area contributed by atoms with E-state index in [2.05, 4.69) is 0 Å². The molecule has 1 fully saturated rings. The molecule has 0 heterocycles. The van der Waals surface area contributed by atoms with Gasteiger partial charge in [0.15, 0.2) is 0 Å². The Kier molecular flexibility index (Phi) is 4.28. The van der Waals surface area contributed by atoms with E-state index in [4.69, 9.17) is 0 Å². The van der Waals surface area contributed by atoms with Crippen LogP contribution in [0.5, 0.6) is 34.5 Å². The van der Waals surface area contributed by atoms with Crippen molar-refractivity contribution in [2.75, 3.05) is 0 Å². The van der Waals surface area contributed by atoms with Gasteiger partial charge in [-0.25, -0.2) is 0 Å². The first-order valence-electron chi connectivity index (χ1n) is 8.39. The zero-order chi connectivity index (χ0) is 20.3. The third-order valence-electron chi connectivity index (χ3n) is 5.58. The Morgan fingerprint density at radius 1 is 0.704 bits per heavy atom. The average Bonchev–Trinajstić information content (AvgIpc) is 2.53. The molecule has 2 aromatic carbocycles.